The number of carboxylic acids is 1. The molecule has 46 heteroatoms. The summed E-state index contributed by atoms with van der Waals surface area (Å²) in [5.74, 6) is -0.921. The van der Waals surface area contributed by atoms with Gasteiger partial charge in [0.2, 0.25) is 0 Å². The Labute approximate surface area is 809 Å². The fourth-order valence-corrected chi connectivity index (χ4v) is 11.5. The van der Waals surface area contributed by atoms with Crippen molar-refractivity contribution in [3.05, 3.63) is 235 Å². The van der Waals surface area contributed by atoms with E-state index in [4.69, 9.17) is 73.1 Å². The van der Waals surface area contributed by atoms with Gasteiger partial charge < -0.3 is 56.0 Å². The molecule has 0 aliphatic carbocycles. The molecule has 0 unspecified atom stereocenters. The van der Waals surface area contributed by atoms with Crippen molar-refractivity contribution < 1.29 is 112 Å². The number of benzene rings is 2. The largest absolute Gasteiger partial charge is 1.00 e. The molecule has 2 aromatic carbocycles. The summed E-state index contributed by atoms with van der Waals surface area (Å²) >= 11 is 16.3. The SMILES string of the molecule is C.CC(=O)c1cncnc1Cl.CC(C)COC(=O)Cl.O.O=Cc1c(O)cccc1O.[2H]C(C)(C)n1nccc1-c1ncncc1C(=O)O.[2H]C(C)(C)n1nccc1-c1ncncc1C(C)=O.[2H]C(C)(C)n1nccc1-c1ncncc1CCl.[2H]C(C)(C)n1nccc1-c1ncncc1CO.[2H]C(C)(C)n1nccc1-c1ncncc1COc1cccc(O)c1C=O.[2H]C(C)(C)n1nccc1B(O)O.[Li+].[OH-]. The average Bonchev–Trinajstić information content (AvgIpc) is 1.72. The van der Waals surface area contributed by atoms with Crippen LogP contribution in [0.3, 0.4) is 0 Å². The Balaban J connectivity index is 0.000000541. The number of hydrogen-bond acceptors (Lipinski definition) is 33. The Morgan fingerprint density at radius 2 is 0.784 bits per heavy atom. The molecule has 41 nitrogen and oxygen atoms in total. The third-order valence-electron chi connectivity index (χ3n) is 16.9. The molecule has 0 fully saturated rings. The molecule has 0 aliphatic rings. The van der Waals surface area contributed by atoms with Crippen molar-refractivity contribution in [3.8, 4) is 79.9 Å². The number of carbonyl (C=O) groups excluding carboxylic acids is 5. The summed E-state index contributed by atoms with van der Waals surface area (Å²) in [5, 5.41) is 88.3. The van der Waals surface area contributed by atoms with E-state index >= 15 is 0 Å². The molecule has 0 aliphatic heterocycles. The number of aromatic carboxylic acids is 1. The minimum absolute atomic E-state index is 0. The fourth-order valence-electron chi connectivity index (χ4n) is 11.0. The van der Waals surface area contributed by atoms with Gasteiger partial charge in [-0.3, -0.25) is 47.3 Å². The quantitative estimate of drug-likeness (QED) is 0.00738. The minimum atomic E-state index is -1.57. The maximum absolute atomic E-state index is 11.6. The van der Waals surface area contributed by atoms with Crippen molar-refractivity contribution in [2.24, 2.45) is 5.92 Å². The number of aldehydes is 2. The number of phenols is 3. The number of carboxylic acid groups (broad SMARTS) is 1. The summed E-state index contributed by atoms with van der Waals surface area (Å²) in [7, 11) is -1.57. The second kappa shape index (κ2) is 59.0. The number of aliphatic hydroxyl groups is 1. The van der Waals surface area contributed by atoms with Crippen LogP contribution in [0, 0.1) is 5.92 Å². The van der Waals surface area contributed by atoms with Crippen molar-refractivity contribution in [3.63, 3.8) is 0 Å². The maximum atomic E-state index is 11.6. The van der Waals surface area contributed by atoms with Crippen molar-refractivity contribution in [1.29, 1.82) is 0 Å². The zero-order valence-corrected chi connectivity index (χ0v) is 77.9. The second-order valence-electron chi connectivity index (χ2n) is 28.4. The first-order chi connectivity index (χ1) is 63.8. The summed E-state index contributed by atoms with van der Waals surface area (Å²) in [6, 6.07) is 13.4. The molecule has 0 spiro atoms. The molecule has 0 amide bonds. The van der Waals surface area contributed by atoms with Gasteiger partial charge in [0.25, 0.3) is 0 Å². The monoisotopic (exact) mass is 1900 g/mol. The van der Waals surface area contributed by atoms with Gasteiger partial charge in [-0.25, -0.2) is 69.4 Å². The molecule has 708 valence electrons. The van der Waals surface area contributed by atoms with Gasteiger partial charge in [-0.2, -0.15) is 30.6 Å². The predicted octanol–water partition coefficient (Wildman–Crippen LogP) is 10.9. The number of Topliss-reactive ketones (excluding diaryl/α,β-unsaturated/α-hetero) is 2. The first-order valence-corrected chi connectivity index (χ1v) is 40.3. The molecule has 14 rings (SSSR count). The number of hydrogen-bond donors (Lipinski definition) is 7. The third-order valence-corrected chi connectivity index (χ3v) is 17.6. The molecular formula is C88H109BCl3LiN24O17. The van der Waals surface area contributed by atoms with Gasteiger partial charge >= 0.3 is 37.4 Å². The average molecular weight is 1910 g/mol. The van der Waals surface area contributed by atoms with Crippen molar-refractivity contribution in [2.75, 3.05) is 6.61 Å². The zero-order chi connectivity index (χ0) is 101. The summed E-state index contributed by atoms with van der Waals surface area (Å²) in [6.45, 7) is 27.6. The van der Waals surface area contributed by atoms with E-state index in [9.17, 15) is 39.0 Å². The van der Waals surface area contributed by atoms with Crippen molar-refractivity contribution >= 4 is 83.1 Å². The van der Waals surface area contributed by atoms with Crippen LogP contribution in [0.2, 0.25) is 5.15 Å². The van der Waals surface area contributed by atoms with Crippen LogP contribution in [0.15, 0.2) is 185 Å². The Hall–Kier alpha value is -13.7. The summed E-state index contributed by atoms with van der Waals surface area (Å²) in [6.07, 6.45) is 27.6. The maximum Gasteiger partial charge on any atom is 1.00 e. The molecule has 0 saturated heterocycles. The van der Waals surface area contributed by atoms with Crippen LogP contribution in [-0.4, -0.2) is 214 Å². The molecule has 12 heterocycles. The van der Waals surface area contributed by atoms with E-state index in [0.29, 0.717) is 93.1 Å². The number of ketones is 2. The number of ether oxygens (including phenoxy) is 2. The number of rotatable bonds is 24. The van der Waals surface area contributed by atoms with E-state index in [0.717, 1.165) is 17.0 Å². The van der Waals surface area contributed by atoms with Crippen LogP contribution in [0.1, 0.15) is 231 Å². The number of aromatic nitrogens is 24. The Morgan fingerprint density at radius 3 is 1.11 bits per heavy atom. The predicted molar refractivity (Wildman–Crippen MR) is 497 cm³/mol. The van der Waals surface area contributed by atoms with Crippen LogP contribution < -0.4 is 29.2 Å². The molecule has 0 radical (unpaired) electrons. The molecule has 0 bridgehead atoms. The van der Waals surface area contributed by atoms with E-state index < -0.39 is 54.6 Å². The van der Waals surface area contributed by atoms with Crippen LogP contribution in [-0.2, 0) is 23.8 Å². The van der Waals surface area contributed by atoms with Gasteiger partial charge in [0.1, 0.15) is 89.7 Å². The van der Waals surface area contributed by atoms with Gasteiger partial charge in [0.15, 0.2) is 24.1 Å². The molecule has 14 aromatic rings. The normalized spacial score (nSPS) is 11.3. The Bertz CT molecular complexity index is 6080. The molecule has 12 aromatic heterocycles. The van der Waals surface area contributed by atoms with E-state index in [2.05, 4.69) is 95.1 Å². The smallest absolute Gasteiger partial charge is 0.870 e. The van der Waals surface area contributed by atoms with Gasteiger partial charge in [-0.15, -0.1) is 11.6 Å². The first-order valence-electron chi connectivity index (χ1n) is 42.0. The van der Waals surface area contributed by atoms with Gasteiger partial charge in [0.05, 0.1) is 101 Å². The first kappa shape index (κ1) is 106. The van der Waals surface area contributed by atoms with Crippen molar-refractivity contribution in [2.45, 2.75) is 173 Å². The van der Waals surface area contributed by atoms with Crippen molar-refractivity contribution in [1.82, 2.24) is 118 Å². The zero-order valence-electron chi connectivity index (χ0n) is 81.7. The van der Waals surface area contributed by atoms with E-state index in [1.807, 2.05) is 19.9 Å². The summed E-state index contributed by atoms with van der Waals surface area (Å²) < 4.78 is 66.9. The van der Waals surface area contributed by atoms with Crippen LogP contribution in [0.5, 0.6) is 23.0 Å². The van der Waals surface area contributed by atoms with E-state index in [1.165, 1.54) is 127 Å². The summed E-state index contributed by atoms with van der Waals surface area (Å²) in [5.41, 5.74) is 8.41. The topological polar surface area (TPSA) is 586 Å². The molecule has 0 saturated carbocycles. The number of halogens is 3. The van der Waals surface area contributed by atoms with Gasteiger partial charge in [-0.05, 0) is 164 Å². The second-order valence-corrected chi connectivity index (χ2v) is 29.4. The van der Waals surface area contributed by atoms with E-state index in [1.54, 1.807) is 177 Å². The molecular weight excluding hydrogens is 1790 g/mol. The standard InChI is InChI=1S/C18H18N4O3.C12H14N4O.C11H13ClN4.C11H12N4O2.C11H14N4O.C7H6O3.C6H11BN2O2.C6H5ClN2O.C5H9ClO2.CH4.Li.2H2O/c1-12(2)22-15(6-7-21-22)18-13(8-19-11-20-18)10-25-17-5-3-4-16(24)14(17)9-23;1-8(2)16-11(4-5-15-16)12-10(9(3)17)6-13-7-14-12;1-8(2)16-10(3-4-15-16)11-9(5-12)6-13-7-14-11;1-7(2)15-9(3-4-14-15)10-8(11(16)17)5-12-6-13-10;1-8(2)15-10(3-4-14-15)11-9(6-16)5-12-7-13-11;8-4-5-6(9)2-1-3-7(5)10;1-5(2)9-6(7(10)11)3-4-8-9;1-4(10)5-2-8-3-9-6(5)7;1-4(2)3-8-5(6)7;;;;/h3-9,11-12,24H,10H2,1-2H3;4-8H,1-3H3;3-4,6-8H,5H2,1-2H3;3-7H,1-2H3,(H,16,17);3-5,7-8,16H,6H2,1-2H3;1-4,9-10H;3-5,10-11H,1-2H3;2-3H,1H3;4H,3H2,1-2H3;1H4;;2*1H2/q;;;;;;;;;;+1;;/p-1/i12D;2*8D;7D;8D;;5D;;;;;;. The fraction of sp³-hybridized carbons (Fsp3) is 0.318. The van der Waals surface area contributed by atoms with Crippen LogP contribution in [0.4, 0.5) is 4.79 Å². The van der Waals surface area contributed by atoms with E-state index in [-0.39, 0.29) is 118 Å². The number of alkyl halides is 1. The number of aromatic hydroxyl groups is 3. The molecule has 10 N–H and O–H groups in total. The number of nitrogens with zero attached hydrogens (tertiary/aromatic N) is 24. The van der Waals surface area contributed by atoms with Crippen LogP contribution in [0.25, 0.3) is 56.9 Å². The Morgan fingerprint density at radius 1 is 0.463 bits per heavy atom. The minimum Gasteiger partial charge on any atom is -0.870 e. The molecule has 134 heavy (non-hydrogen) atoms. The number of carbonyl (C=O) groups is 6. The summed E-state index contributed by atoms with van der Waals surface area (Å²) in [4.78, 5) is 112. The Kier molecular flexibility index (Phi) is 46.5. The number of aliphatic hydroxyl groups excluding tert-OH is 1. The van der Waals surface area contributed by atoms with Crippen LogP contribution >= 0.6 is 34.8 Å². The van der Waals surface area contributed by atoms with Gasteiger partial charge in [0, 0.05) is 139 Å². The molecule has 0 atom stereocenters. The van der Waals surface area contributed by atoms with Gasteiger partial charge in [-0.1, -0.05) is 45.0 Å². The third kappa shape index (κ3) is 34.2. The number of phenolic OH excluding ortho intramolecular Hbond substituents is 3.